The van der Waals surface area contributed by atoms with Gasteiger partial charge in [0.05, 0.1) is 22.0 Å². The summed E-state index contributed by atoms with van der Waals surface area (Å²) >= 11 is 11.2. The monoisotopic (exact) mass is 324 g/mol. The number of rotatable bonds is 4. The third-order valence-electron chi connectivity index (χ3n) is 2.44. The van der Waals surface area contributed by atoms with Gasteiger partial charge in [-0.15, -0.1) is 0 Å². The number of benzene rings is 1. The molecule has 0 fully saturated rings. The molecule has 104 valence electrons. The van der Waals surface area contributed by atoms with Gasteiger partial charge in [-0.25, -0.2) is 12.8 Å². The summed E-state index contributed by atoms with van der Waals surface area (Å²) in [7, 11) is -2.66. The summed E-state index contributed by atoms with van der Waals surface area (Å²) in [6, 6.07) is 4.18. The van der Waals surface area contributed by atoms with Gasteiger partial charge >= 0.3 is 0 Å². The van der Waals surface area contributed by atoms with Gasteiger partial charge in [0.15, 0.2) is 5.82 Å². The highest BCUT2D eigenvalue weighted by atomic mass is 35.5. The third-order valence-corrected chi connectivity index (χ3v) is 5.08. The smallest absolute Gasteiger partial charge is 0.207 e. The summed E-state index contributed by atoms with van der Waals surface area (Å²) < 4.78 is 38.8. The molecule has 19 heavy (non-hydrogen) atoms. The lowest BCUT2D eigenvalue weighted by molar-refractivity contribution is 0.438. The van der Waals surface area contributed by atoms with E-state index < -0.39 is 26.8 Å². The maximum Gasteiger partial charge on any atom is 0.244 e. The molecule has 0 N–H and O–H groups in total. The highest BCUT2D eigenvalue weighted by Gasteiger charge is 2.27. The largest absolute Gasteiger partial charge is 0.244 e. The van der Waals surface area contributed by atoms with E-state index in [-0.39, 0.29) is 16.5 Å². The molecule has 0 bridgehead atoms. The average molecular weight is 325 g/mol. The van der Waals surface area contributed by atoms with Crippen LogP contribution in [0.25, 0.3) is 0 Å². The van der Waals surface area contributed by atoms with E-state index >= 15 is 0 Å². The van der Waals surface area contributed by atoms with Gasteiger partial charge in [-0.1, -0.05) is 23.2 Å². The van der Waals surface area contributed by atoms with Crippen molar-refractivity contribution >= 4 is 33.2 Å². The van der Waals surface area contributed by atoms with Gasteiger partial charge in [0, 0.05) is 13.6 Å². The summed E-state index contributed by atoms with van der Waals surface area (Å²) in [5, 5.41) is 7.88. The van der Waals surface area contributed by atoms with Crippen molar-refractivity contribution in [1.82, 2.24) is 4.31 Å². The Balaban J connectivity index is 3.22. The first-order chi connectivity index (χ1) is 8.71. The van der Waals surface area contributed by atoms with Gasteiger partial charge in [0.2, 0.25) is 10.0 Å². The number of sulfonamides is 1. The van der Waals surface area contributed by atoms with Crippen LogP contribution in [0.3, 0.4) is 0 Å². The predicted molar refractivity (Wildman–Crippen MR) is 71.0 cm³/mol. The number of halogens is 3. The number of nitriles is 1. The lowest BCUT2D eigenvalue weighted by Crippen LogP contribution is -2.31. The van der Waals surface area contributed by atoms with Crippen LogP contribution in [0.2, 0.25) is 10.0 Å². The van der Waals surface area contributed by atoms with E-state index in [9.17, 15) is 12.8 Å². The summed E-state index contributed by atoms with van der Waals surface area (Å²) in [6.07, 6.45) is 0. The molecular weight excluding hydrogens is 314 g/mol. The molecule has 1 unspecified atom stereocenters. The third kappa shape index (κ3) is 3.37. The van der Waals surface area contributed by atoms with Gasteiger partial charge in [-0.2, -0.15) is 9.57 Å². The molecule has 0 saturated heterocycles. The van der Waals surface area contributed by atoms with Crippen LogP contribution in [0.1, 0.15) is 6.92 Å². The van der Waals surface area contributed by atoms with Crippen molar-refractivity contribution in [2.24, 2.45) is 5.92 Å². The van der Waals surface area contributed by atoms with Gasteiger partial charge in [-0.3, -0.25) is 0 Å². The Hall–Kier alpha value is -0.870. The normalized spacial score (nSPS) is 13.3. The van der Waals surface area contributed by atoms with Crippen molar-refractivity contribution in [2.75, 3.05) is 13.6 Å². The standard InChI is InChI=1S/C11H11Cl2FN2O2S/c1-7(5-15)6-16(2)19(17,18)9-4-3-8(12)11(14)10(9)13/h3-4,7H,6H2,1-2H3. The van der Waals surface area contributed by atoms with Crippen LogP contribution in [0.5, 0.6) is 0 Å². The molecule has 1 atom stereocenters. The van der Waals surface area contributed by atoms with Gasteiger partial charge in [0.1, 0.15) is 4.90 Å². The zero-order valence-corrected chi connectivity index (χ0v) is 12.5. The van der Waals surface area contributed by atoms with Crippen molar-refractivity contribution in [3.05, 3.63) is 28.0 Å². The summed E-state index contributed by atoms with van der Waals surface area (Å²) in [5.74, 6) is -1.47. The zero-order chi connectivity index (χ0) is 14.8. The topological polar surface area (TPSA) is 61.2 Å². The highest BCUT2D eigenvalue weighted by Crippen LogP contribution is 2.31. The molecule has 0 aliphatic rings. The number of hydrogen-bond acceptors (Lipinski definition) is 3. The molecule has 0 saturated carbocycles. The second kappa shape index (κ2) is 6.06. The lowest BCUT2D eigenvalue weighted by Gasteiger charge is -2.19. The zero-order valence-electron chi connectivity index (χ0n) is 10.2. The predicted octanol–water partition coefficient (Wildman–Crippen LogP) is 2.91. The highest BCUT2D eigenvalue weighted by molar-refractivity contribution is 7.89. The fraction of sp³-hybridized carbons (Fsp3) is 0.364. The first-order valence-corrected chi connectivity index (χ1v) is 7.40. The van der Waals surface area contributed by atoms with Crippen molar-refractivity contribution in [3.8, 4) is 6.07 Å². The van der Waals surface area contributed by atoms with Gasteiger partial charge in [0.25, 0.3) is 0 Å². The Labute approximate surface area is 121 Å². The molecule has 4 nitrogen and oxygen atoms in total. The molecule has 0 radical (unpaired) electrons. The Kier molecular flexibility index (Phi) is 5.16. The molecule has 0 spiro atoms. The van der Waals surface area contributed by atoms with Crippen LogP contribution in [-0.4, -0.2) is 26.3 Å². The van der Waals surface area contributed by atoms with Crippen LogP contribution >= 0.6 is 23.2 Å². The van der Waals surface area contributed by atoms with E-state index in [0.29, 0.717) is 0 Å². The van der Waals surface area contributed by atoms with E-state index in [1.165, 1.54) is 7.05 Å². The van der Waals surface area contributed by atoms with Crippen molar-refractivity contribution < 1.29 is 12.8 Å². The van der Waals surface area contributed by atoms with E-state index in [1.54, 1.807) is 6.92 Å². The SMILES string of the molecule is CC(C#N)CN(C)S(=O)(=O)c1ccc(Cl)c(F)c1Cl. The second-order valence-corrected chi connectivity index (χ2v) is 6.79. The van der Waals surface area contributed by atoms with Crippen LogP contribution in [0.15, 0.2) is 17.0 Å². The Bertz CT molecular complexity index is 628. The Morgan fingerprint density at radius 2 is 2.05 bits per heavy atom. The maximum absolute atomic E-state index is 13.5. The maximum atomic E-state index is 13.5. The minimum absolute atomic E-state index is 0.0145. The summed E-state index contributed by atoms with van der Waals surface area (Å²) in [6.45, 7) is 1.56. The van der Waals surface area contributed by atoms with E-state index in [2.05, 4.69) is 0 Å². The quantitative estimate of drug-likeness (QED) is 0.800. The first-order valence-electron chi connectivity index (χ1n) is 5.21. The minimum Gasteiger partial charge on any atom is -0.207 e. The fourth-order valence-corrected chi connectivity index (χ4v) is 3.37. The molecular formula is C11H11Cl2FN2O2S. The molecule has 0 aliphatic heterocycles. The summed E-state index contributed by atoms with van der Waals surface area (Å²) in [4.78, 5) is -0.372. The number of nitrogens with zero attached hydrogens (tertiary/aromatic N) is 2. The Morgan fingerprint density at radius 1 is 1.47 bits per heavy atom. The van der Waals surface area contributed by atoms with Crippen LogP contribution < -0.4 is 0 Å². The molecule has 1 aromatic carbocycles. The fourth-order valence-electron chi connectivity index (χ4n) is 1.40. The molecule has 8 heteroatoms. The van der Waals surface area contributed by atoms with E-state index in [1.807, 2.05) is 6.07 Å². The summed E-state index contributed by atoms with van der Waals surface area (Å²) in [5.41, 5.74) is 0. The van der Waals surface area contributed by atoms with Crippen molar-refractivity contribution in [1.29, 1.82) is 5.26 Å². The van der Waals surface area contributed by atoms with Gasteiger partial charge < -0.3 is 0 Å². The van der Waals surface area contributed by atoms with Crippen LogP contribution in [0, 0.1) is 23.1 Å². The molecule has 1 aromatic rings. The molecule has 1 rings (SSSR count). The van der Waals surface area contributed by atoms with E-state index in [0.717, 1.165) is 16.4 Å². The molecule has 0 aliphatic carbocycles. The molecule has 0 aromatic heterocycles. The Morgan fingerprint density at radius 3 is 2.58 bits per heavy atom. The van der Waals surface area contributed by atoms with Crippen molar-refractivity contribution in [2.45, 2.75) is 11.8 Å². The average Bonchev–Trinajstić information content (AvgIpc) is 2.35. The van der Waals surface area contributed by atoms with Crippen LogP contribution in [-0.2, 0) is 10.0 Å². The molecule has 0 amide bonds. The minimum atomic E-state index is -3.96. The van der Waals surface area contributed by atoms with Crippen LogP contribution in [0.4, 0.5) is 4.39 Å². The second-order valence-electron chi connectivity index (χ2n) is 3.99. The first kappa shape index (κ1) is 16.2. The lowest BCUT2D eigenvalue weighted by atomic mass is 10.2. The van der Waals surface area contributed by atoms with E-state index in [4.69, 9.17) is 28.5 Å². The number of hydrogen-bond donors (Lipinski definition) is 0. The van der Waals surface area contributed by atoms with Crippen molar-refractivity contribution in [3.63, 3.8) is 0 Å². The van der Waals surface area contributed by atoms with Gasteiger partial charge in [-0.05, 0) is 19.1 Å². The molecule has 0 heterocycles.